The van der Waals surface area contributed by atoms with Gasteiger partial charge < -0.3 is 10.3 Å². The van der Waals surface area contributed by atoms with Gasteiger partial charge in [0.1, 0.15) is 5.65 Å². The van der Waals surface area contributed by atoms with Crippen molar-refractivity contribution < 1.29 is 4.79 Å². The Morgan fingerprint density at radius 1 is 1.07 bits per heavy atom. The molecule has 4 aromatic rings. The highest BCUT2D eigenvalue weighted by Crippen LogP contribution is 2.28. The Morgan fingerprint density at radius 3 is 2.59 bits per heavy atom. The van der Waals surface area contributed by atoms with Gasteiger partial charge in [-0.25, -0.2) is 4.98 Å². The van der Waals surface area contributed by atoms with Crippen LogP contribution in [-0.2, 0) is 0 Å². The molecule has 4 rings (SSSR count). The van der Waals surface area contributed by atoms with Gasteiger partial charge >= 0.3 is 0 Å². The van der Waals surface area contributed by atoms with Gasteiger partial charge in [0.05, 0.1) is 11.9 Å². The third kappa shape index (κ3) is 3.10. The monoisotopic (exact) mass is 359 g/mol. The molecule has 0 bridgehead atoms. The maximum atomic E-state index is 12.5. The number of anilines is 1. The number of aryl methyl sites for hydroxylation is 3. The Balaban J connectivity index is 1.65. The summed E-state index contributed by atoms with van der Waals surface area (Å²) in [6.45, 7) is 7.95. The summed E-state index contributed by atoms with van der Waals surface area (Å²) in [5.74, 6) is -0.247. The van der Waals surface area contributed by atoms with Crippen LogP contribution < -0.4 is 5.32 Å². The summed E-state index contributed by atoms with van der Waals surface area (Å²) in [6.07, 6.45) is 1.65. The van der Waals surface area contributed by atoms with Gasteiger partial charge in [-0.05, 0) is 45.4 Å². The van der Waals surface area contributed by atoms with Crippen molar-refractivity contribution in [3.8, 4) is 11.3 Å². The predicted molar refractivity (Wildman–Crippen MR) is 107 cm³/mol. The molecule has 0 aliphatic heterocycles. The Morgan fingerprint density at radius 2 is 1.89 bits per heavy atom. The average Bonchev–Trinajstić information content (AvgIpc) is 3.18. The summed E-state index contributed by atoms with van der Waals surface area (Å²) in [5.41, 5.74) is 8.16. The smallest absolute Gasteiger partial charge is 0.276 e. The molecule has 0 radical (unpaired) electrons. The Bertz CT molecular complexity index is 1170. The summed E-state index contributed by atoms with van der Waals surface area (Å²) >= 11 is 0. The second kappa shape index (κ2) is 6.39. The number of nitrogens with zero attached hydrogens (tertiary/aromatic N) is 2. The zero-order valence-electron chi connectivity index (χ0n) is 15.8. The third-order valence-electron chi connectivity index (χ3n) is 4.87. The highest BCUT2D eigenvalue weighted by atomic mass is 16.1. The largest absolute Gasteiger partial charge is 0.339 e. The van der Waals surface area contributed by atoms with Crippen molar-refractivity contribution in [3.63, 3.8) is 0 Å². The molecular formula is C21H21N5O. The molecule has 3 heterocycles. The standard InChI is InChI=1S/C21H21N5O/c1-11-5-6-17(12(2)7-11)18-9-15-8-16(10-22-20(15)24-18)23-21(27)19-13(3)14(4)25-26-19/h5-10H,1-4H3,(H,22,24)(H,23,27)(H,25,26). The number of amides is 1. The molecule has 3 N–H and O–H groups in total. The second-order valence-electron chi connectivity index (χ2n) is 6.94. The Labute approximate surface area is 157 Å². The molecule has 0 unspecified atom stereocenters. The molecule has 3 aromatic heterocycles. The van der Waals surface area contributed by atoms with Gasteiger partial charge in [-0.2, -0.15) is 5.10 Å². The number of hydrogen-bond donors (Lipinski definition) is 3. The summed E-state index contributed by atoms with van der Waals surface area (Å²) in [4.78, 5) is 20.3. The van der Waals surface area contributed by atoms with Crippen LogP contribution >= 0.6 is 0 Å². The number of aromatic nitrogens is 4. The van der Waals surface area contributed by atoms with Gasteiger partial charge in [0.2, 0.25) is 0 Å². The van der Waals surface area contributed by atoms with Gasteiger partial charge in [0.25, 0.3) is 5.91 Å². The second-order valence-corrected chi connectivity index (χ2v) is 6.94. The van der Waals surface area contributed by atoms with Gasteiger partial charge in [0.15, 0.2) is 5.69 Å². The first-order chi connectivity index (χ1) is 12.9. The topological polar surface area (TPSA) is 86.5 Å². The summed E-state index contributed by atoms with van der Waals surface area (Å²) in [5, 5.41) is 10.7. The van der Waals surface area contributed by atoms with Gasteiger partial charge in [0, 0.05) is 27.9 Å². The van der Waals surface area contributed by atoms with Crippen molar-refractivity contribution in [2.75, 3.05) is 5.32 Å². The quantitative estimate of drug-likeness (QED) is 0.505. The van der Waals surface area contributed by atoms with Crippen LogP contribution in [0.2, 0.25) is 0 Å². The van der Waals surface area contributed by atoms with E-state index in [1.165, 1.54) is 11.1 Å². The van der Waals surface area contributed by atoms with E-state index in [9.17, 15) is 4.79 Å². The minimum absolute atomic E-state index is 0.247. The number of H-pyrrole nitrogens is 2. The Kier molecular flexibility index (Phi) is 4.03. The van der Waals surface area contributed by atoms with Crippen LogP contribution in [0.3, 0.4) is 0 Å². The first-order valence-electron chi connectivity index (χ1n) is 8.81. The number of hydrogen-bond acceptors (Lipinski definition) is 3. The zero-order valence-corrected chi connectivity index (χ0v) is 15.8. The Hall–Kier alpha value is -3.41. The predicted octanol–water partition coefficient (Wildman–Crippen LogP) is 4.44. The van der Waals surface area contributed by atoms with E-state index in [0.717, 1.165) is 33.5 Å². The fourth-order valence-corrected chi connectivity index (χ4v) is 3.24. The van der Waals surface area contributed by atoms with Crippen LogP contribution in [0.15, 0.2) is 36.5 Å². The van der Waals surface area contributed by atoms with E-state index in [1.54, 1.807) is 6.20 Å². The SMILES string of the molecule is Cc1ccc(-c2cc3cc(NC(=O)c4n[nH]c(C)c4C)cnc3[nH]2)c(C)c1. The van der Waals surface area contributed by atoms with E-state index in [-0.39, 0.29) is 5.91 Å². The number of benzene rings is 1. The van der Waals surface area contributed by atoms with Crippen LogP contribution in [0.25, 0.3) is 22.3 Å². The fourth-order valence-electron chi connectivity index (χ4n) is 3.24. The van der Waals surface area contributed by atoms with Crippen molar-refractivity contribution in [1.82, 2.24) is 20.2 Å². The maximum absolute atomic E-state index is 12.5. The lowest BCUT2D eigenvalue weighted by atomic mass is 10.0. The molecule has 0 saturated heterocycles. The number of carbonyl (C=O) groups excluding carboxylic acids is 1. The highest BCUT2D eigenvalue weighted by molar-refractivity contribution is 6.04. The van der Waals surface area contributed by atoms with Crippen molar-refractivity contribution in [3.05, 3.63) is 64.6 Å². The number of fused-ring (bicyclic) bond motifs is 1. The lowest BCUT2D eigenvalue weighted by Gasteiger charge is -2.04. The average molecular weight is 359 g/mol. The lowest BCUT2D eigenvalue weighted by molar-refractivity contribution is 0.102. The van der Waals surface area contributed by atoms with Gasteiger partial charge in [-0.1, -0.05) is 23.8 Å². The molecular weight excluding hydrogens is 338 g/mol. The van der Waals surface area contributed by atoms with Crippen molar-refractivity contribution in [2.24, 2.45) is 0 Å². The van der Waals surface area contributed by atoms with Crippen molar-refractivity contribution in [1.29, 1.82) is 0 Å². The zero-order chi connectivity index (χ0) is 19.1. The molecule has 0 spiro atoms. The molecule has 6 heteroatoms. The van der Waals surface area contributed by atoms with Gasteiger partial charge in [-0.3, -0.25) is 9.89 Å². The van der Waals surface area contributed by atoms with E-state index >= 15 is 0 Å². The summed E-state index contributed by atoms with van der Waals surface area (Å²) < 4.78 is 0. The molecule has 6 nitrogen and oxygen atoms in total. The lowest BCUT2D eigenvalue weighted by Crippen LogP contribution is -2.13. The van der Waals surface area contributed by atoms with Crippen LogP contribution in [0.1, 0.15) is 32.9 Å². The first kappa shape index (κ1) is 17.0. The molecule has 136 valence electrons. The number of nitrogens with one attached hydrogen (secondary N) is 3. The van der Waals surface area contributed by atoms with Crippen LogP contribution in [-0.4, -0.2) is 26.1 Å². The molecule has 1 aromatic carbocycles. The van der Waals surface area contributed by atoms with Crippen molar-refractivity contribution in [2.45, 2.75) is 27.7 Å². The third-order valence-corrected chi connectivity index (χ3v) is 4.87. The number of aromatic amines is 2. The maximum Gasteiger partial charge on any atom is 0.276 e. The minimum atomic E-state index is -0.247. The van der Waals surface area contributed by atoms with Crippen LogP contribution in [0.4, 0.5) is 5.69 Å². The highest BCUT2D eigenvalue weighted by Gasteiger charge is 2.15. The molecule has 1 amide bonds. The van der Waals surface area contributed by atoms with E-state index < -0.39 is 0 Å². The first-order valence-corrected chi connectivity index (χ1v) is 8.81. The number of pyridine rings is 1. The van der Waals surface area contributed by atoms with E-state index in [1.807, 2.05) is 19.9 Å². The normalized spacial score (nSPS) is 11.1. The molecule has 0 aliphatic rings. The minimum Gasteiger partial charge on any atom is -0.339 e. The van der Waals surface area contributed by atoms with E-state index in [2.05, 4.69) is 63.6 Å². The molecule has 0 atom stereocenters. The molecule has 0 saturated carbocycles. The van der Waals surface area contributed by atoms with Crippen LogP contribution in [0.5, 0.6) is 0 Å². The van der Waals surface area contributed by atoms with Crippen molar-refractivity contribution >= 4 is 22.6 Å². The molecule has 27 heavy (non-hydrogen) atoms. The van der Waals surface area contributed by atoms with Crippen LogP contribution in [0, 0.1) is 27.7 Å². The number of carbonyl (C=O) groups is 1. The van der Waals surface area contributed by atoms with E-state index in [4.69, 9.17) is 0 Å². The van der Waals surface area contributed by atoms with Gasteiger partial charge in [-0.15, -0.1) is 0 Å². The fraction of sp³-hybridized carbons (Fsp3) is 0.190. The summed E-state index contributed by atoms with van der Waals surface area (Å²) in [6, 6.07) is 10.3. The molecule has 0 fully saturated rings. The van der Waals surface area contributed by atoms with E-state index in [0.29, 0.717) is 11.4 Å². The summed E-state index contributed by atoms with van der Waals surface area (Å²) in [7, 11) is 0. The number of rotatable bonds is 3. The molecule has 0 aliphatic carbocycles.